The molecule has 0 spiro atoms. The van der Waals surface area contributed by atoms with E-state index in [1.807, 2.05) is 0 Å². The molecule has 1 nitrogen and oxygen atoms in total. The minimum Gasteiger partial charge on any atom is -0.390 e. The molecule has 8 bridgehead atoms. The quantitative estimate of drug-likeness (QED) is 0.611. The van der Waals surface area contributed by atoms with Gasteiger partial charge in [0.2, 0.25) is 0 Å². The van der Waals surface area contributed by atoms with Gasteiger partial charge in [-0.3, -0.25) is 0 Å². The van der Waals surface area contributed by atoms with E-state index in [1.165, 1.54) is 57.8 Å². The molecule has 4 unspecified atom stereocenters. The van der Waals surface area contributed by atoms with Gasteiger partial charge in [-0.25, -0.2) is 0 Å². The van der Waals surface area contributed by atoms with Crippen molar-refractivity contribution in [2.75, 3.05) is 0 Å². The molecule has 0 aromatic rings. The molecule has 8 fully saturated rings. The summed E-state index contributed by atoms with van der Waals surface area (Å²) in [6.45, 7) is 10.3. The van der Waals surface area contributed by atoms with Crippen molar-refractivity contribution >= 4 is 0 Å². The van der Waals surface area contributed by atoms with Crippen LogP contribution in [0.15, 0.2) is 0 Å². The van der Waals surface area contributed by atoms with Crippen LogP contribution in [0.3, 0.4) is 0 Å². The SMILES string of the molecule is CC12CC3CC(C)(C1)CC(C14CC5(C)CC(C)(CC(O)(C5)C1)C4)(C3)C2. The first-order valence-electron chi connectivity index (χ1n) is 11.1. The van der Waals surface area contributed by atoms with E-state index in [9.17, 15) is 5.11 Å². The molecule has 0 aliphatic heterocycles. The van der Waals surface area contributed by atoms with Crippen molar-refractivity contribution in [3.8, 4) is 0 Å². The second-order valence-electron chi connectivity index (χ2n) is 14.1. The van der Waals surface area contributed by atoms with Crippen molar-refractivity contribution in [2.45, 2.75) is 110 Å². The van der Waals surface area contributed by atoms with Crippen LogP contribution in [0.25, 0.3) is 0 Å². The van der Waals surface area contributed by atoms with E-state index in [2.05, 4.69) is 27.7 Å². The molecular formula is C24H38O. The fraction of sp³-hybridized carbons (Fsp3) is 1.00. The Morgan fingerprint density at radius 3 is 1.48 bits per heavy atom. The van der Waals surface area contributed by atoms with Crippen LogP contribution in [0.2, 0.25) is 0 Å². The Bertz CT molecular complexity index is 589. The van der Waals surface area contributed by atoms with Crippen molar-refractivity contribution in [2.24, 2.45) is 38.4 Å². The van der Waals surface area contributed by atoms with Crippen molar-refractivity contribution < 1.29 is 5.11 Å². The molecule has 1 N–H and O–H groups in total. The second-order valence-corrected chi connectivity index (χ2v) is 14.1. The van der Waals surface area contributed by atoms with E-state index in [1.54, 1.807) is 0 Å². The summed E-state index contributed by atoms with van der Waals surface area (Å²) < 4.78 is 0. The highest BCUT2D eigenvalue weighted by Crippen LogP contribution is 2.82. The van der Waals surface area contributed by atoms with Gasteiger partial charge >= 0.3 is 0 Å². The van der Waals surface area contributed by atoms with Gasteiger partial charge in [-0.05, 0) is 115 Å². The van der Waals surface area contributed by atoms with Crippen LogP contribution in [-0.4, -0.2) is 10.7 Å². The highest BCUT2D eigenvalue weighted by atomic mass is 16.3. The lowest BCUT2D eigenvalue weighted by Gasteiger charge is -2.77. The number of rotatable bonds is 1. The van der Waals surface area contributed by atoms with Crippen LogP contribution < -0.4 is 0 Å². The molecule has 0 heterocycles. The maximum absolute atomic E-state index is 11.6. The average molecular weight is 343 g/mol. The Morgan fingerprint density at radius 1 is 0.520 bits per heavy atom. The van der Waals surface area contributed by atoms with Crippen LogP contribution in [-0.2, 0) is 0 Å². The largest absolute Gasteiger partial charge is 0.390 e. The standard InChI is InChI=1S/C24H38O/c1-18-5-17-6-19(2,8-18)11-22(7-17,10-18)23-12-20(3)9-21(4,13-23)15-24(25,14-20)16-23/h17,25H,5-16H2,1-4H3. The normalized spacial score (nSPS) is 70.2. The van der Waals surface area contributed by atoms with E-state index >= 15 is 0 Å². The number of hydrogen-bond acceptors (Lipinski definition) is 1. The summed E-state index contributed by atoms with van der Waals surface area (Å²) in [4.78, 5) is 0. The van der Waals surface area contributed by atoms with Crippen LogP contribution in [0.4, 0.5) is 0 Å². The third-order valence-electron chi connectivity index (χ3n) is 10.3. The molecule has 0 aromatic carbocycles. The third-order valence-corrected chi connectivity index (χ3v) is 10.3. The van der Waals surface area contributed by atoms with Crippen molar-refractivity contribution in [3.63, 3.8) is 0 Å². The van der Waals surface area contributed by atoms with Crippen LogP contribution in [0, 0.1) is 38.4 Å². The van der Waals surface area contributed by atoms with Gasteiger partial charge in [-0.15, -0.1) is 0 Å². The molecule has 0 saturated heterocycles. The maximum Gasteiger partial charge on any atom is 0.0663 e. The summed E-state index contributed by atoms with van der Waals surface area (Å²) in [5, 5.41) is 11.6. The number of hydrogen-bond donors (Lipinski definition) is 1. The molecular weight excluding hydrogens is 304 g/mol. The van der Waals surface area contributed by atoms with Gasteiger partial charge in [0.1, 0.15) is 0 Å². The minimum absolute atomic E-state index is 0.344. The lowest BCUT2D eigenvalue weighted by molar-refractivity contribution is -0.297. The molecule has 140 valence electrons. The van der Waals surface area contributed by atoms with Gasteiger partial charge in [-0.1, -0.05) is 27.7 Å². The lowest BCUT2D eigenvalue weighted by Crippen LogP contribution is -2.70. The number of aliphatic hydroxyl groups is 1. The van der Waals surface area contributed by atoms with Gasteiger partial charge < -0.3 is 5.11 Å². The fourth-order valence-corrected chi connectivity index (χ4v) is 12.2. The Hall–Kier alpha value is -0.0400. The zero-order chi connectivity index (χ0) is 17.6. The first-order chi connectivity index (χ1) is 11.4. The summed E-state index contributed by atoms with van der Waals surface area (Å²) in [6, 6.07) is 0. The molecule has 8 rings (SSSR count). The smallest absolute Gasteiger partial charge is 0.0663 e. The Balaban J connectivity index is 1.51. The minimum atomic E-state index is -0.344. The zero-order valence-electron chi connectivity index (χ0n) is 17.0. The first kappa shape index (κ1) is 16.0. The summed E-state index contributed by atoms with van der Waals surface area (Å²) >= 11 is 0. The van der Waals surface area contributed by atoms with Gasteiger partial charge in [0.05, 0.1) is 5.60 Å². The van der Waals surface area contributed by atoms with Crippen molar-refractivity contribution in [1.82, 2.24) is 0 Å². The Labute approximate surface area is 154 Å². The summed E-state index contributed by atoms with van der Waals surface area (Å²) in [6.07, 6.45) is 16.5. The molecule has 25 heavy (non-hydrogen) atoms. The average Bonchev–Trinajstić information content (AvgIpc) is 2.26. The predicted molar refractivity (Wildman–Crippen MR) is 101 cm³/mol. The summed E-state index contributed by atoms with van der Waals surface area (Å²) in [5.41, 5.74) is 2.66. The molecule has 0 amide bonds. The van der Waals surface area contributed by atoms with Crippen molar-refractivity contribution in [3.05, 3.63) is 0 Å². The summed E-state index contributed by atoms with van der Waals surface area (Å²) in [7, 11) is 0. The highest BCUT2D eigenvalue weighted by molar-refractivity contribution is 5.24. The van der Waals surface area contributed by atoms with Gasteiger partial charge in [0.25, 0.3) is 0 Å². The van der Waals surface area contributed by atoms with E-state index in [0.29, 0.717) is 32.5 Å². The second kappa shape index (κ2) is 3.89. The lowest BCUT2D eigenvalue weighted by atomic mass is 9.28. The zero-order valence-corrected chi connectivity index (χ0v) is 17.0. The van der Waals surface area contributed by atoms with Crippen LogP contribution in [0.1, 0.15) is 105 Å². The molecule has 4 atom stereocenters. The molecule has 8 aliphatic carbocycles. The van der Waals surface area contributed by atoms with Gasteiger partial charge in [0.15, 0.2) is 0 Å². The third kappa shape index (κ3) is 1.90. The van der Waals surface area contributed by atoms with E-state index in [-0.39, 0.29) is 5.60 Å². The Kier molecular flexibility index (Phi) is 2.49. The van der Waals surface area contributed by atoms with Crippen LogP contribution in [0.5, 0.6) is 0 Å². The Morgan fingerprint density at radius 2 is 1.00 bits per heavy atom. The van der Waals surface area contributed by atoms with E-state index < -0.39 is 0 Å². The van der Waals surface area contributed by atoms with Gasteiger partial charge in [-0.2, -0.15) is 0 Å². The van der Waals surface area contributed by atoms with Crippen LogP contribution >= 0.6 is 0 Å². The van der Waals surface area contributed by atoms with E-state index in [4.69, 9.17) is 0 Å². The molecule has 8 saturated carbocycles. The molecule has 1 heteroatoms. The topological polar surface area (TPSA) is 20.2 Å². The predicted octanol–water partition coefficient (Wildman–Crippen LogP) is 6.09. The van der Waals surface area contributed by atoms with Gasteiger partial charge in [0, 0.05) is 0 Å². The molecule has 0 aromatic heterocycles. The molecule has 0 radical (unpaired) electrons. The fourth-order valence-electron chi connectivity index (χ4n) is 12.2. The first-order valence-corrected chi connectivity index (χ1v) is 11.1. The monoisotopic (exact) mass is 342 g/mol. The van der Waals surface area contributed by atoms with Crippen molar-refractivity contribution in [1.29, 1.82) is 0 Å². The maximum atomic E-state index is 11.6. The summed E-state index contributed by atoms with van der Waals surface area (Å²) in [5.74, 6) is 0.981. The molecule has 8 aliphatic rings. The highest BCUT2D eigenvalue weighted by Gasteiger charge is 2.74. The van der Waals surface area contributed by atoms with E-state index in [0.717, 1.165) is 25.2 Å².